The number of nitrogens with zero attached hydrogens (tertiary/aromatic N) is 3. The van der Waals surface area contributed by atoms with Gasteiger partial charge in [-0.3, -0.25) is 4.79 Å². The second kappa shape index (κ2) is 9.97. The third kappa shape index (κ3) is 5.72. The molecule has 7 heteroatoms. The second-order valence-corrected chi connectivity index (χ2v) is 7.16. The van der Waals surface area contributed by atoms with Crippen molar-refractivity contribution in [2.45, 2.75) is 13.5 Å². The standard InChI is InChI=1S/C20H27N5OS/c1-2-21-20(22-14-17-8-13-27-16-17)23-15-19(26)25-11-9-24(10-12-25)18-6-4-3-5-7-18/h3-8,13,16H,2,9-12,14-15H2,1H3,(H2,21,22,23). The van der Waals surface area contributed by atoms with Gasteiger partial charge in [0.05, 0.1) is 13.1 Å². The highest BCUT2D eigenvalue weighted by molar-refractivity contribution is 7.07. The maximum Gasteiger partial charge on any atom is 0.242 e. The molecule has 0 radical (unpaired) electrons. The first-order valence-electron chi connectivity index (χ1n) is 9.37. The molecule has 1 aliphatic heterocycles. The lowest BCUT2D eigenvalue weighted by Gasteiger charge is -2.36. The Bertz CT molecular complexity index is 724. The Morgan fingerprint density at radius 3 is 2.56 bits per heavy atom. The second-order valence-electron chi connectivity index (χ2n) is 6.38. The van der Waals surface area contributed by atoms with Gasteiger partial charge in [-0.25, -0.2) is 4.99 Å². The zero-order chi connectivity index (χ0) is 18.9. The summed E-state index contributed by atoms with van der Waals surface area (Å²) in [6, 6.07) is 12.4. The van der Waals surface area contributed by atoms with Gasteiger partial charge in [0.15, 0.2) is 5.96 Å². The summed E-state index contributed by atoms with van der Waals surface area (Å²) < 4.78 is 0. The highest BCUT2D eigenvalue weighted by Crippen LogP contribution is 2.15. The minimum Gasteiger partial charge on any atom is -0.368 e. The molecule has 3 rings (SSSR count). The summed E-state index contributed by atoms with van der Waals surface area (Å²) in [7, 11) is 0. The Kier molecular flexibility index (Phi) is 7.10. The first-order valence-corrected chi connectivity index (χ1v) is 10.3. The molecule has 144 valence electrons. The molecule has 1 saturated heterocycles. The van der Waals surface area contributed by atoms with Gasteiger partial charge in [0, 0.05) is 38.4 Å². The van der Waals surface area contributed by atoms with E-state index in [1.807, 2.05) is 23.3 Å². The molecule has 2 heterocycles. The molecular formula is C20H27N5OS. The third-order valence-corrected chi connectivity index (χ3v) is 5.24. The fraction of sp³-hybridized carbons (Fsp3) is 0.400. The molecular weight excluding hydrogens is 358 g/mol. The van der Waals surface area contributed by atoms with E-state index in [1.54, 1.807) is 11.3 Å². The van der Waals surface area contributed by atoms with Crippen LogP contribution in [0, 0.1) is 0 Å². The number of aliphatic imine (C=N–C) groups is 1. The fourth-order valence-corrected chi connectivity index (χ4v) is 3.68. The van der Waals surface area contributed by atoms with E-state index in [4.69, 9.17) is 0 Å². The molecule has 0 aliphatic carbocycles. The Hall–Kier alpha value is -2.54. The molecule has 0 saturated carbocycles. The molecule has 2 aromatic rings. The number of guanidine groups is 1. The van der Waals surface area contributed by atoms with E-state index in [2.05, 4.69) is 56.2 Å². The molecule has 0 unspecified atom stereocenters. The molecule has 0 bridgehead atoms. The van der Waals surface area contributed by atoms with Gasteiger partial charge in [-0.15, -0.1) is 0 Å². The summed E-state index contributed by atoms with van der Waals surface area (Å²) in [5, 5.41) is 10.5. The highest BCUT2D eigenvalue weighted by Gasteiger charge is 2.21. The van der Waals surface area contributed by atoms with Crippen molar-refractivity contribution in [2.75, 3.05) is 44.2 Å². The summed E-state index contributed by atoms with van der Waals surface area (Å²) >= 11 is 1.67. The first kappa shape index (κ1) is 19.2. The predicted molar refractivity (Wildman–Crippen MR) is 112 cm³/mol. The number of hydrogen-bond acceptors (Lipinski definition) is 4. The van der Waals surface area contributed by atoms with Crippen molar-refractivity contribution in [1.82, 2.24) is 15.5 Å². The van der Waals surface area contributed by atoms with Crippen LogP contribution in [-0.4, -0.2) is 56.0 Å². The van der Waals surface area contributed by atoms with Crippen LogP contribution < -0.4 is 15.5 Å². The Morgan fingerprint density at radius 2 is 1.89 bits per heavy atom. The van der Waals surface area contributed by atoms with Gasteiger partial charge in [-0.05, 0) is 41.4 Å². The van der Waals surface area contributed by atoms with Gasteiger partial charge in [-0.2, -0.15) is 11.3 Å². The number of rotatable bonds is 6. The normalized spacial score (nSPS) is 14.9. The number of para-hydroxylation sites is 1. The molecule has 1 aromatic carbocycles. The van der Waals surface area contributed by atoms with Crippen LogP contribution in [0.3, 0.4) is 0 Å². The molecule has 1 aliphatic rings. The van der Waals surface area contributed by atoms with Gasteiger partial charge in [0.1, 0.15) is 0 Å². The van der Waals surface area contributed by atoms with Crippen LogP contribution in [0.5, 0.6) is 0 Å². The van der Waals surface area contributed by atoms with Gasteiger partial charge in [0.2, 0.25) is 5.91 Å². The number of hydrogen-bond donors (Lipinski definition) is 2. The lowest BCUT2D eigenvalue weighted by molar-refractivity contribution is -0.130. The average Bonchev–Trinajstić information content (AvgIpc) is 3.24. The van der Waals surface area contributed by atoms with Crippen molar-refractivity contribution < 1.29 is 4.79 Å². The summed E-state index contributed by atoms with van der Waals surface area (Å²) in [4.78, 5) is 21.3. The average molecular weight is 386 g/mol. The lowest BCUT2D eigenvalue weighted by atomic mass is 10.2. The van der Waals surface area contributed by atoms with E-state index < -0.39 is 0 Å². The molecule has 2 N–H and O–H groups in total. The number of anilines is 1. The van der Waals surface area contributed by atoms with Crippen LogP contribution in [0.2, 0.25) is 0 Å². The summed E-state index contributed by atoms with van der Waals surface area (Å²) in [5.41, 5.74) is 2.40. The molecule has 0 spiro atoms. The van der Waals surface area contributed by atoms with Crippen LogP contribution in [0.15, 0.2) is 52.2 Å². The monoisotopic (exact) mass is 385 g/mol. The smallest absolute Gasteiger partial charge is 0.242 e. The number of nitrogens with one attached hydrogen (secondary N) is 2. The molecule has 1 fully saturated rings. The molecule has 6 nitrogen and oxygen atoms in total. The largest absolute Gasteiger partial charge is 0.368 e. The Labute approximate surface area is 164 Å². The predicted octanol–water partition coefficient (Wildman–Crippen LogP) is 2.15. The highest BCUT2D eigenvalue weighted by atomic mass is 32.1. The summed E-state index contributed by atoms with van der Waals surface area (Å²) in [5.74, 6) is 0.795. The van der Waals surface area contributed by atoms with E-state index >= 15 is 0 Å². The van der Waals surface area contributed by atoms with Gasteiger partial charge >= 0.3 is 0 Å². The van der Waals surface area contributed by atoms with Crippen LogP contribution in [0.4, 0.5) is 5.69 Å². The quantitative estimate of drug-likeness (QED) is 0.591. The van der Waals surface area contributed by atoms with E-state index in [9.17, 15) is 4.79 Å². The molecule has 27 heavy (non-hydrogen) atoms. The maximum atomic E-state index is 12.5. The zero-order valence-corrected chi connectivity index (χ0v) is 16.5. The topological polar surface area (TPSA) is 60.0 Å². The number of amides is 1. The van der Waals surface area contributed by atoms with Crippen molar-refractivity contribution in [3.05, 3.63) is 52.7 Å². The fourth-order valence-electron chi connectivity index (χ4n) is 3.02. The van der Waals surface area contributed by atoms with Crippen molar-refractivity contribution in [2.24, 2.45) is 4.99 Å². The Balaban J connectivity index is 1.46. The van der Waals surface area contributed by atoms with Gasteiger partial charge in [0.25, 0.3) is 0 Å². The minimum absolute atomic E-state index is 0.115. The summed E-state index contributed by atoms with van der Waals surface area (Å²) in [6.45, 7) is 6.88. The van der Waals surface area contributed by atoms with Crippen molar-refractivity contribution in [3.63, 3.8) is 0 Å². The number of benzene rings is 1. The maximum absolute atomic E-state index is 12.5. The van der Waals surface area contributed by atoms with Crippen LogP contribution in [-0.2, 0) is 11.3 Å². The lowest BCUT2D eigenvalue weighted by Crippen LogP contribution is -2.52. The van der Waals surface area contributed by atoms with Crippen LogP contribution >= 0.6 is 11.3 Å². The van der Waals surface area contributed by atoms with Gasteiger partial charge in [-0.1, -0.05) is 18.2 Å². The molecule has 1 amide bonds. The van der Waals surface area contributed by atoms with Crippen molar-refractivity contribution in [1.29, 1.82) is 0 Å². The summed E-state index contributed by atoms with van der Waals surface area (Å²) in [6.07, 6.45) is 0. The zero-order valence-electron chi connectivity index (χ0n) is 15.7. The van der Waals surface area contributed by atoms with Crippen molar-refractivity contribution in [3.8, 4) is 0 Å². The van der Waals surface area contributed by atoms with E-state index in [0.717, 1.165) is 32.7 Å². The van der Waals surface area contributed by atoms with Gasteiger partial charge < -0.3 is 20.4 Å². The number of piperazine rings is 1. The van der Waals surface area contributed by atoms with E-state index in [1.165, 1.54) is 11.3 Å². The van der Waals surface area contributed by atoms with Crippen molar-refractivity contribution >= 4 is 28.9 Å². The first-order chi connectivity index (χ1) is 13.3. The minimum atomic E-state index is 0.115. The van der Waals surface area contributed by atoms with Crippen LogP contribution in [0.25, 0.3) is 0 Å². The van der Waals surface area contributed by atoms with E-state index in [0.29, 0.717) is 12.5 Å². The van der Waals surface area contributed by atoms with Crippen LogP contribution in [0.1, 0.15) is 12.5 Å². The number of carbonyl (C=O) groups is 1. The molecule has 0 atom stereocenters. The number of thiophene rings is 1. The SMILES string of the molecule is CCNC(=NCc1ccsc1)NCC(=O)N1CCN(c2ccccc2)CC1. The number of carbonyl (C=O) groups excluding carboxylic acids is 1. The molecule has 1 aromatic heterocycles. The third-order valence-electron chi connectivity index (χ3n) is 4.50. The Morgan fingerprint density at radius 1 is 1.11 bits per heavy atom. The van der Waals surface area contributed by atoms with E-state index in [-0.39, 0.29) is 12.5 Å².